The van der Waals surface area contributed by atoms with Crippen LogP contribution in [0, 0.1) is 28.6 Å². The average Bonchev–Trinajstić information content (AvgIpc) is 3.24. The van der Waals surface area contributed by atoms with Gasteiger partial charge >= 0.3 is 29.6 Å². The number of hydrogen-bond donors (Lipinski definition) is 2. The van der Waals surface area contributed by atoms with E-state index in [2.05, 4.69) is 11.4 Å². The number of allylic oxidation sites excluding steroid dienone is 4. The fraction of sp³-hybridized carbons (Fsp3) is 0.760. The minimum Gasteiger partial charge on any atom is -0.756 e. The van der Waals surface area contributed by atoms with Crippen molar-refractivity contribution in [2.24, 2.45) is 28.6 Å². The third-order valence-corrected chi connectivity index (χ3v) is 10.0. The van der Waals surface area contributed by atoms with E-state index in [4.69, 9.17) is 14.4 Å². The summed E-state index contributed by atoms with van der Waals surface area (Å²) < 4.78 is 28.4. The first kappa shape index (κ1) is 28.8. The minimum atomic E-state index is -5.11. The van der Waals surface area contributed by atoms with Crippen LogP contribution in [0.4, 0.5) is 0 Å². The molecule has 1 aliphatic heterocycles. The number of phosphoric acid groups is 1. The van der Waals surface area contributed by atoms with E-state index in [1.54, 1.807) is 12.2 Å². The van der Waals surface area contributed by atoms with Gasteiger partial charge in [-0.15, -0.1) is 0 Å². The van der Waals surface area contributed by atoms with Gasteiger partial charge in [0.25, 0.3) is 7.82 Å². The predicted octanol–water partition coefficient (Wildman–Crippen LogP) is -0.794. The van der Waals surface area contributed by atoms with E-state index in [1.807, 2.05) is 19.9 Å². The van der Waals surface area contributed by atoms with Crippen molar-refractivity contribution < 1.29 is 72.6 Å². The van der Waals surface area contributed by atoms with Crippen LogP contribution in [0.3, 0.4) is 0 Å². The molecule has 2 N–H and O–H groups in total. The van der Waals surface area contributed by atoms with Crippen molar-refractivity contribution in [2.75, 3.05) is 6.61 Å². The largest absolute Gasteiger partial charge is 1.00 e. The van der Waals surface area contributed by atoms with E-state index in [-0.39, 0.29) is 59.5 Å². The Morgan fingerprint density at radius 2 is 2.08 bits per heavy atom. The molecule has 0 bridgehead atoms. The number of fused-ring (bicyclic) bond motifs is 7. The topological polar surface area (TPSA) is 142 Å². The molecule has 194 valence electrons. The summed E-state index contributed by atoms with van der Waals surface area (Å²) in [5.74, 6) is -0.718. The number of aliphatic hydroxyl groups excluding tert-OH is 1. The molecule has 36 heavy (non-hydrogen) atoms. The van der Waals surface area contributed by atoms with Gasteiger partial charge in [-0.2, -0.15) is 0 Å². The Morgan fingerprint density at radius 1 is 1.36 bits per heavy atom. The molecule has 0 amide bonds. The third-order valence-electron chi connectivity index (χ3n) is 9.59. The summed E-state index contributed by atoms with van der Waals surface area (Å²) in [6.07, 6.45) is 6.87. The van der Waals surface area contributed by atoms with Gasteiger partial charge in [-0.05, 0) is 56.1 Å². The number of aliphatic hydroxyl groups is 1. The third kappa shape index (κ3) is 4.23. The molecule has 1 saturated heterocycles. The van der Waals surface area contributed by atoms with Crippen LogP contribution in [0.15, 0.2) is 23.8 Å². The second kappa shape index (κ2) is 9.77. The van der Waals surface area contributed by atoms with Gasteiger partial charge in [-0.1, -0.05) is 38.8 Å². The van der Waals surface area contributed by atoms with Crippen molar-refractivity contribution in [1.29, 1.82) is 0 Å². The first-order chi connectivity index (χ1) is 16.4. The summed E-state index contributed by atoms with van der Waals surface area (Å²) in [4.78, 5) is 46.1. The zero-order valence-corrected chi connectivity index (χ0v) is 24.2. The molecule has 5 unspecified atom stereocenters. The maximum atomic E-state index is 13.7. The van der Waals surface area contributed by atoms with E-state index in [0.717, 1.165) is 24.8 Å². The van der Waals surface area contributed by atoms with Gasteiger partial charge < -0.3 is 28.9 Å². The van der Waals surface area contributed by atoms with Crippen LogP contribution in [-0.2, 0) is 28.2 Å². The van der Waals surface area contributed by atoms with E-state index in [0.29, 0.717) is 12.8 Å². The Balaban J connectivity index is 0.00000304. The molecule has 0 aromatic carbocycles. The first-order valence-corrected chi connectivity index (χ1v) is 14.0. The number of phosphoric ester groups is 1. The molecule has 0 aromatic rings. The Labute approximate surface area is 233 Å². The zero-order valence-electron chi connectivity index (χ0n) is 21.3. The van der Waals surface area contributed by atoms with E-state index in [1.165, 1.54) is 0 Å². The fourth-order valence-electron chi connectivity index (χ4n) is 8.25. The van der Waals surface area contributed by atoms with Gasteiger partial charge in [-0.25, -0.2) is 0 Å². The summed E-state index contributed by atoms with van der Waals surface area (Å²) in [6.45, 7) is 5.15. The Bertz CT molecular complexity index is 1040. The molecule has 4 aliphatic carbocycles. The van der Waals surface area contributed by atoms with Crippen molar-refractivity contribution in [2.45, 2.75) is 83.4 Å². The van der Waals surface area contributed by atoms with Crippen LogP contribution in [0.5, 0.6) is 0 Å². The molecule has 5 aliphatic rings. The van der Waals surface area contributed by atoms with Gasteiger partial charge in [0.05, 0.1) is 12.2 Å². The Kier molecular flexibility index (Phi) is 7.82. The van der Waals surface area contributed by atoms with Crippen LogP contribution in [0.25, 0.3) is 0 Å². The SMILES string of the molecule is CCCC1O[C@@H]2CC3C4CCC5=CC(=O)C=C[C@]5(C)C4[C@@H](O)C[C@]3(C)[C@]2(C(=O)COP(=O)([O-])O)O1.[Na+]. The van der Waals surface area contributed by atoms with E-state index < -0.39 is 55.1 Å². The molecule has 3 saturated carbocycles. The molecule has 5 rings (SSSR count). The predicted molar refractivity (Wildman–Crippen MR) is 122 cm³/mol. The van der Waals surface area contributed by atoms with Gasteiger partial charge in [0.1, 0.15) is 6.61 Å². The van der Waals surface area contributed by atoms with Gasteiger partial charge in [-0.3, -0.25) is 14.2 Å². The maximum absolute atomic E-state index is 13.7. The number of carbonyl (C=O) groups excluding carboxylic acids is 2. The second-order valence-corrected chi connectivity index (χ2v) is 12.5. The number of ketones is 2. The maximum Gasteiger partial charge on any atom is 1.00 e. The summed E-state index contributed by atoms with van der Waals surface area (Å²) >= 11 is 0. The van der Waals surface area contributed by atoms with E-state index >= 15 is 0 Å². The number of hydrogen-bond acceptors (Lipinski definition) is 8. The van der Waals surface area contributed by atoms with Gasteiger partial charge in [0.2, 0.25) is 0 Å². The quantitative estimate of drug-likeness (QED) is 0.332. The smallest absolute Gasteiger partial charge is 0.756 e. The average molecular weight is 533 g/mol. The molecule has 0 aromatic heterocycles. The summed E-state index contributed by atoms with van der Waals surface area (Å²) in [6, 6.07) is 0. The molecule has 1 heterocycles. The van der Waals surface area contributed by atoms with Gasteiger partial charge in [0, 0.05) is 16.7 Å². The van der Waals surface area contributed by atoms with Crippen LogP contribution in [-0.4, -0.2) is 52.3 Å². The van der Waals surface area contributed by atoms with Crippen molar-refractivity contribution in [1.82, 2.24) is 0 Å². The molecule has 0 radical (unpaired) electrons. The molecule has 0 spiro atoms. The summed E-state index contributed by atoms with van der Waals surface area (Å²) in [5, 5.41) is 11.6. The zero-order chi connectivity index (χ0) is 25.4. The van der Waals surface area contributed by atoms with E-state index in [9.17, 15) is 24.2 Å². The number of rotatable bonds is 6. The Morgan fingerprint density at radius 3 is 2.75 bits per heavy atom. The van der Waals surface area contributed by atoms with Crippen LogP contribution < -0.4 is 34.5 Å². The van der Waals surface area contributed by atoms with Crippen molar-refractivity contribution in [3.8, 4) is 0 Å². The fourth-order valence-corrected chi connectivity index (χ4v) is 8.53. The standard InChI is InChI=1S/C25H35O9P.Na/c1-4-5-21-33-20-11-17-16-7-6-14-10-15(26)8-9-23(14,2)22(16)18(27)12-24(17,3)25(20,34-21)19(28)13-32-35(29,30)31;/h8-10,16-18,20-22,27H,4-7,11-13H2,1-3H3,(H2,29,30,31);/q;+1/p-1/t16?,17?,18-,20+,21?,22?,23-,24-,25+;/m0./s1. The molecule has 4 fully saturated rings. The minimum absolute atomic E-state index is 0. The van der Waals surface area contributed by atoms with Crippen LogP contribution >= 0.6 is 7.82 Å². The van der Waals surface area contributed by atoms with Crippen molar-refractivity contribution >= 4 is 19.4 Å². The van der Waals surface area contributed by atoms with Crippen molar-refractivity contribution in [3.63, 3.8) is 0 Å². The summed E-state index contributed by atoms with van der Waals surface area (Å²) in [7, 11) is -5.11. The normalized spacial score (nSPS) is 46.5. The number of ether oxygens (including phenoxy) is 2. The van der Waals surface area contributed by atoms with Crippen molar-refractivity contribution in [3.05, 3.63) is 23.8 Å². The Hall–Kier alpha value is -0.190. The summed E-state index contributed by atoms with van der Waals surface area (Å²) in [5.41, 5.74) is -1.71. The molecule has 11 heteroatoms. The first-order valence-electron chi connectivity index (χ1n) is 12.5. The molecular weight excluding hydrogens is 498 g/mol. The monoisotopic (exact) mass is 532 g/mol. The molecule has 9 nitrogen and oxygen atoms in total. The van der Waals surface area contributed by atoms with Crippen LogP contribution in [0.2, 0.25) is 0 Å². The number of carbonyl (C=O) groups is 2. The van der Waals surface area contributed by atoms with Crippen LogP contribution in [0.1, 0.15) is 59.3 Å². The number of Topliss-reactive ketones (excluding diaryl/α,β-unsaturated/α-hetero) is 1. The molecular formula is C25H34NaO9P. The second-order valence-electron chi connectivity index (χ2n) is 11.3. The molecule has 10 atom stereocenters. The van der Waals surface area contributed by atoms with Gasteiger partial charge in [0.15, 0.2) is 23.5 Å².